The standard InChI is InChI=1S/C16H18N2O3S/c1-18-10-9-12-11-13(3-8-16(12)18)17-22(19,20)15-6-4-14(21-2)5-7-15/h3-8,11,17H,9-10H2,1-2H3. The number of rotatable bonds is 4. The fourth-order valence-corrected chi connectivity index (χ4v) is 3.65. The maximum atomic E-state index is 12.4. The number of hydrogen-bond acceptors (Lipinski definition) is 4. The van der Waals surface area contributed by atoms with E-state index in [0.717, 1.165) is 24.2 Å². The summed E-state index contributed by atoms with van der Waals surface area (Å²) in [7, 11) is -0.00871. The molecule has 1 N–H and O–H groups in total. The first-order valence-corrected chi connectivity index (χ1v) is 8.49. The Hall–Kier alpha value is -2.21. The van der Waals surface area contributed by atoms with Crippen LogP contribution in [0.25, 0.3) is 0 Å². The maximum absolute atomic E-state index is 12.4. The van der Waals surface area contributed by atoms with E-state index in [4.69, 9.17) is 4.74 Å². The van der Waals surface area contributed by atoms with Gasteiger partial charge in [-0.1, -0.05) is 0 Å². The highest BCUT2D eigenvalue weighted by Gasteiger charge is 2.18. The van der Waals surface area contributed by atoms with Gasteiger partial charge >= 0.3 is 0 Å². The van der Waals surface area contributed by atoms with E-state index in [9.17, 15) is 8.42 Å². The lowest BCUT2D eigenvalue weighted by Gasteiger charge is -2.13. The molecule has 2 aromatic rings. The smallest absolute Gasteiger partial charge is 0.261 e. The van der Waals surface area contributed by atoms with Gasteiger partial charge < -0.3 is 9.64 Å². The van der Waals surface area contributed by atoms with Crippen molar-refractivity contribution in [2.75, 3.05) is 30.3 Å². The minimum Gasteiger partial charge on any atom is -0.497 e. The predicted molar refractivity (Wildman–Crippen MR) is 87.2 cm³/mol. The number of nitrogens with one attached hydrogen (secondary N) is 1. The normalized spacial score (nSPS) is 13.8. The monoisotopic (exact) mass is 318 g/mol. The van der Waals surface area contributed by atoms with Crippen molar-refractivity contribution in [3.05, 3.63) is 48.0 Å². The Morgan fingerprint density at radius 3 is 2.55 bits per heavy atom. The summed E-state index contributed by atoms with van der Waals surface area (Å²) in [5, 5.41) is 0. The van der Waals surface area contributed by atoms with Crippen LogP contribution in [0.1, 0.15) is 5.56 Å². The van der Waals surface area contributed by atoms with Crippen molar-refractivity contribution in [3.8, 4) is 5.75 Å². The van der Waals surface area contributed by atoms with Crippen molar-refractivity contribution in [1.29, 1.82) is 0 Å². The molecule has 0 unspecified atom stereocenters. The number of anilines is 2. The van der Waals surface area contributed by atoms with E-state index in [-0.39, 0.29) is 4.90 Å². The van der Waals surface area contributed by atoms with Gasteiger partial charge in [-0.3, -0.25) is 4.72 Å². The summed E-state index contributed by atoms with van der Waals surface area (Å²) in [4.78, 5) is 2.38. The molecule has 0 saturated heterocycles. The van der Waals surface area contributed by atoms with E-state index in [2.05, 4.69) is 9.62 Å². The van der Waals surface area contributed by atoms with Gasteiger partial charge in [-0.2, -0.15) is 0 Å². The lowest BCUT2D eigenvalue weighted by Crippen LogP contribution is -2.13. The van der Waals surface area contributed by atoms with Crippen LogP contribution in [-0.2, 0) is 16.4 Å². The molecule has 3 rings (SSSR count). The fraction of sp³-hybridized carbons (Fsp3) is 0.250. The van der Waals surface area contributed by atoms with Gasteiger partial charge in [-0.15, -0.1) is 0 Å². The first-order chi connectivity index (χ1) is 10.5. The van der Waals surface area contributed by atoms with Crippen LogP contribution in [0, 0.1) is 0 Å². The maximum Gasteiger partial charge on any atom is 0.261 e. The van der Waals surface area contributed by atoms with E-state index >= 15 is 0 Å². The molecule has 1 aliphatic heterocycles. The molecule has 0 saturated carbocycles. The molecule has 0 aliphatic carbocycles. The van der Waals surface area contributed by atoms with E-state index < -0.39 is 10.0 Å². The van der Waals surface area contributed by atoms with Crippen molar-refractivity contribution in [2.24, 2.45) is 0 Å². The number of benzene rings is 2. The SMILES string of the molecule is COc1ccc(S(=O)(=O)Nc2ccc3c(c2)CCN3C)cc1. The van der Waals surface area contributed by atoms with Gasteiger partial charge in [0.25, 0.3) is 10.0 Å². The molecule has 5 nitrogen and oxygen atoms in total. The highest BCUT2D eigenvalue weighted by molar-refractivity contribution is 7.92. The van der Waals surface area contributed by atoms with Crippen LogP contribution in [0.4, 0.5) is 11.4 Å². The Labute approximate surface area is 130 Å². The molecular weight excluding hydrogens is 300 g/mol. The zero-order chi connectivity index (χ0) is 15.7. The van der Waals surface area contributed by atoms with Crippen molar-refractivity contribution in [2.45, 2.75) is 11.3 Å². The second kappa shape index (κ2) is 5.53. The zero-order valence-corrected chi connectivity index (χ0v) is 13.4. The van der Waals surface area contributed by atoms with Gasteiger partial charge in [-0.05, 0) is 54.4 Å². The van der Waals surface area contributed by atoms with Crippen LogP contribution in [0.5, 0.6) is 5.75 Å². The third-order valence-corrected chi connectivity index (χ3v) is 5.23. The summed E-state index contributed by atoms with van der Waals surface area (Å²) in [5.41, 5.74) is 2.91. The van der Waals surface area contributed by atoms with Gasteiger partial charge in [0.1, 0.15) is 5.75 Å². The minimum absolute atomic E-state index is 0.214. The molecule has 0 spiro atoms. The molecule has 0 radical (unpaired) electrons. The second-order valence-electron chi connectivity index (χ2n) is 5.30. The number of ether oxygens (including phenoxy) is 1. The van der Waals surface area contributed by atoms with E-state index in [1.54, 1.807) is 25.3 Å². The Kier molecular flexibility index (Phi) is 3.70. The zero-order valence-electron chi connectivity index (χ0n) is 12.5. The number of sulfonamides is 1. The number of nitrogens with zero attached hydrogens (tertiary/aromatic N) is 1. The topological polar surface area (TPSA) is 58.6 Å². The summed E-state index contributed by atoms with van der Waals surface area (Å²) in [5.74, 6) is 0.625. The summed E-state index contributed by atoms with van der Waals surface area (Å²) < 4.78 is 32.5. The van der Waals surface area contributed by atoms with Crippen LogP contribution in [0.15, 0.2) is 47.4 Å². The molecule has 0 atom stereocenters. The quantitative estimate of drug-likeness (QED) is 0.941. The summed E-state index contributed by atoms with van der Waals surface area (Å²) in [6.07, 6.45) is 0.934. The lowest BCUT2D eigenvalue weighted by molar-refractivity contribution is 0.414. The third-order valence-electron chi connectivity index (χ3n) is 3.83. The highest BCUT2D eigenvalue weighted by atomic mass is 32.2. The predicted octanol–water partition coefficient (Wildman–Crippen LogP) is 2.49. The average Bonchev–Trinajstić information content (AvgIpc) is 2.88. The number of fused-ring (bicyclic) bond motifs is 1. The third kappa shape index (κ3) is 2.74. The van der Waals surface area contributed by atoms with Crippen LogP contribution >= 0.6 is 0 Å². The average molecular weight is 318 g/mol. The van der Waals surface area contributed by atoms with E-state index in [1.807, 2.05) is 19.2 Å². The summed E-state index contributed by atoms with van der Waals surface area (Å²) in [6, 6.07) is 12.0. The van der Waals surface area contributed by atoms with Gasteiger partial charge in [-0.25, -0.2) is 8.42 Å². The highest BCUT2D eigenvalue weighted by Crippen LogP contribution is 2.30. The van der Waals surface area contributed by atoms with Gasteiger partial charge in [0.15, 0.2) is 0 Å². The largest absolute Gasteiger partial charge is 0.497 e. The van der Waals surface area contributed by atoms with Crippen LogP contribution in [0.3, 0.4) is 0 Å². The molecule has 116 valence electrons. The van der Waals surface area contributed by atoms with Gasteiger partial charge in [0.05, 0.1) is 12.0 Å². The molecule has 1 aliphatic rings. The number of hydrogen-bond donors (Lipinski definition) is 1. The van der Waals surface area contributed by atoms with Gasteiger partial charge in [0, 0.05) is 25.0 Å². The molecule has 0 aromatic heterocycles. The van der Waals surface area contributed by atoms with Crippen molar-refractivity contribution in [3.63, 3.8) is 0 Å². The molecule has 2 aromatic carbocycles. The minimum atomic E-state index is -3.59. The molecule has 22 heavy (non-hydrogen) atoms. The molecule has 0 bridgehead atoms. The molecule has 0 fully saturated rings. The first kappa shape index (κ1) is 14.7. The number of likely N-dealkylation sites (N-methyl/N-ethyl adjacent to an activating group) is 1. The van der Waals surface area contributed by atoms with Gasteiger partial charge in [0.2, 0.25) is 0 Å². The second-order valence-corrected chi connectivity index (χ2v) is 6.98. The summed E-state index contributed by atoms with van der Waals surface area (Å²) >= 11 is 0. The van der Waals surface area contributed by atoms with Crippen molar-refractivity contribution in [1.82, 2.24) is 0 Å². The Balaban J connectivity index is 1.85. The lowest BCUT2D eigenvalue weighted by atomic mass is 10.1. The first-order valence-electron chi connectivity index (χ1n) is 7.00. The van der Waals surface area contributed by atoms with Crippen molar-refractivity contribution >= 4 is 21.4 Å². The molecule has 6 heteroatoms. The molecule has 1 heterocycles. The molecular formula is C16H18N2O3S. The number of methoxy groups -OCH3 is 1. The fourth-order valence-electron chi connectivity index (χ4n) is 2.60. The van der Waals surface area contributed by atoms with E-state index in [0.29, 0.717) is 11.4 Å². The molecule has 0 amide bonds. The summed E-state index contributed by atoms with van der Waals surface area (Å²) in [6.45, 7) is 0.962. The van der Waals surface area contributed by atoms with Crippen molar-refractivity contribution < 1.29 is 13.2 Å². The van der Waals surface area contributed by atoms with Crippen LogP contribution in [0.2, 0.25) is 0 Å². The Bertz CT molecular complexity index is 786. The van der Waals surface area contributed by atoms with Crippen LogP contribution in [-0.4, -0.2) is 29.1 Å². The Morgan fingerprint density at radius 1 is 1.14 bits per heavy atom. The van der Waals surface area contributed by atoms with Crippen LogP contribution < -0.4 is 14.4 Å². The Morgan fingerprint density at radius 2 is 1.86 bits per heavy atom. The van der Waals surface area contributed by atoms with E-state index in [1.165, 1.54) is 12.1 Å².